The zero-order valence-corrected chi connectivity index (χ0v) is 11.8. The number of aromatic nitrogens is 2. The van der Waals surface area contributed by atoms with Gasteiger partial charge in [0.15, 0.2) is 0 Å². The summed E-state index contributed by atoms with van der Waals surface area (Å²) in [6.07, 6.45) is 5.25. The highest BCUT2D eigenvalue weighted by Gasteiger charge is 2.16. The highest BCUT2D eigenvalue weighted by Crippen LogP contribution is 2.25. The molecule has 0 spiro atoms. The van der Waals surface area contributed by atoms with Gasteiger partial charge in [0.2, 0.25) is 0 Å². The van der Waals surface area contributed by atoms with Crippen molar-refractivity contribution in [1.29, 1.82) is 0 Å². The second kappa shape index (κ2) is 5.34. The van der Waals surface area contributed by atoms with Crippen molar-refractivity contribution in [2.75, 3.05) is 0 Å². The minimum Gasteiger partial charge on any atom is -0.349 e. The second-order valence-corrected chi connectivity index (χ2v) is 5.27. The minimum absolute atomic E-state index is 0.0887. The molecule has 1 amide bonds. The average Bonchev–Trinajstić information content (AvgIpc) is 2.36. The Morgan fingerprint density at radius 2 is 1.89 bits per heavy atom. The molecule has 0 fully saturated rings. The lowest BCUT2D eigenvalue weighted by molar-refractivity contribution is 0.0940. The van der Waals surface area contributed by atoms with Crippen molar-refractivity contribution < 1.29 is 4.79 Å². The Labute approximate surface area is 113 Å². The van der Waals surface area contributed by atoms with Gasteiger partial charge in [-0.05, 0) is 36.8 Å². The smallest absolute Gasteiger partial charge is 0.270 e. The first-order valence-electron chi connectivity index (χ1n) is 6.54. The SMILES string of the molecule is CC(C)NC(=O)c1ncc(C(C)C)c2ccncc12. The zero-order valence-electron chi connectivity index (χ0n) is 11.8. The predicted molar refractivity (Wildman–Crippen MR) is 76.2 cm³/mol. The first-order valence-corrected chi connectivity index (χ1v) is 6.54. The molecule has 0 aliphatic heterocycles. The normalized spacial score (nSPS) is 11.3. The summed E-state index contributed by atoms with van der Waals surface area (Å²) in [5, 5.41) is 4.73. The summed E-state index contributed by atoms with van der Waals surface area (Å²) >= 11 is 0. The number of hydrogen-bond donors (Lipinski definition) is 1. The van der Waals surface area contributed by atoms with Gasteiger partial charge in [-0.1, -0.05) is 13.8 Å². The molecule has 2 aromatic rings. The van der Waals surface area contributed by atoms with Crippen molar-refractivity contribution >= 4 is 16.7 Å². The summed E-state index contributed by atoms with van der Waals surface area (Å²) in [4.78, 5) is 20.6. The number of pyridine rings is 2. The fourth-order valence-corrected chi connectivity index (χ4v) is 2.08. The summed E-state index contributed by atoms with van der Waals surface area (Å²) in [6.45, 7) is 8.09. The van der Waals surface area contributed by atoms with Crippen molar-refractivity contribution in [3.63, 3.8) is 0 Å². The van der Waals surface area contributed by atoms with Crippen LogP contribution in [0.1, 0.15) is 49.7 Å². The Kier molecular flexibility index (Phi) is 3.79. The van der Waals surface area contributed by atoms with Crippen LogP contribution in [-0.2, 0) is 0 Å². The fourth-order valence-electron chi connectivity index (χ4n) is 2.08. The topological polar surface area (TPSA) is 54.9 Å². The van der Waals surface area contributed by atoms with E-state index in [1.807, 2.05) is 19.9 Å². The predicted octanol–water partition coefficient (Wildman–Crippen LogP) is 2.89. The second-order valence-electron chi connectivity index (χ2n) is 5.27. The molecule has 0 aliphatic carbocycles. The van der Waals surface area contributed by atoms with E-state index in [-0.39, 0.29) is 11.9 Å². The van der Waals surface area contributed by atoms with E-state index in [0.29, 0.717) is 11.6 Å². The van der Waals surface area contributed by atoms with Gasteiger partial charge in [-0.2, -0.15) is 0 Å². The maximum atomic E-state index is 12.1. The third-order valence-corrected chi connectivity index (χ3v) is 2.98. The Hall–Kier alpha value is -1.97. The summed E-state index contributed by atoms with van der Waals surface area (Å²) < 4.78 is 0. The van der Waals surface area contributed by atoms with Gasteiger partial charge in [0.05, 0.1) is 0 Å². The van der Waals surface area contributed by atoms with Gasteiger partial charge >= 0.3 is 0 Å². The third-order valence-electron chi connectivity index (χ3n) is 2.98. The standard InChI is InChI=1S/C15H19N3O/c1-9(2)12-8-17-14(15(19)18-10(3)4)13-7-16-6-5-11(12)13/h5-10H,1-4H3,(H,18,19). The van der Waals surface area contributed by atoms with Crippen LogP contribution in [0.25, 0.3) is 10.8 Å². The molecular formula is C15H19N3O. The molecule has 0 bridgehead atoms. The number of fused-ring (bicyclic) bond motifs is 1. The number of carbonyl (C=O) groups is 1. The third kappa shape index (κ3) is 2.72. The number of nitrogens with one attached hydrogen (secondary N) is 1. The summed E-state index contributed by atoms with van der Waals surface area (Å²) in [7, 11) is 0. The van der Waals surface area contributed by atoms with Crippen LogP contribution in [0.4, 0.5) is 0 Å². The van der Waals surface area contributed by atoms with E-state index in [9.17, 15) is 4.79 Å². The molecule has 0 radical (unpaired) electrons. The van der Waals surface area contributed by atoms with Gasteiger partial charge in [0.1, 0.15) is 5.69 Å². The van der Waals surface area contributed by atoms with Gasteiger partial charge < -0.3 is 5.32 Å². The molecule has 2 heterocycles. The molecule has 2 rings (SSSR count). The van der Waals surface area contributed by atoms with Crippen LogP contribution in [0.2, 0.25) is 0 Å². The van der Waals surface area contributed by atoms with E-state index in [4.69, 9.17) is 0 Å². The lowest BCUT2D eigenvalue weighted by Gasteiger charge is -2.13. The molecule has 0 atom stereocenters. The van der Waals surface area contributed by atoms with Gasteiger partial charge in [-0.3, -0.25) is 14.8 Å². The molecule has 1 N–H and O–H groups in total. The average molecular weight is 257 g/mol. The quantitative estimate of drug-likeness (QED) is 0.919. The van der Waals surface area contributed by atoms with Crippen LogP contribution in [0.3, 0.4) is 0 Å². The summed E-state index contributed by atoms with van der Waals surface area (Å²) in [6, 6.07) is 2.03. The molecule has 4 heteroatoms. The van der Waals surface area contributed by atoms with E-state index >= 15 is 0 Å². The lowest BCUT2D eigenvalue weighted by Crippen LogP contribution is -2.31. The molecule has 0 saturated carbocycles. The molecule has 0 saturated heterocycles. The number of amides is 1. The lowest BCUT2D eigenvalue weighted by atomic mass is 9.98. The first kappa shape index (κ1) is 13.5. The number of nitrogens with zero attached hydrogens (tertiary/aromatic N) is 2. The van der Waals surface area contributed by atoms with E-state index in [0.717, 1.165) is 16.3 Å². The van der Waals surface area contributed by atoms with Gasteiger partial charge in [-0.25, -0.2) is 0 Å². The van der Waals surface area contributed by atoms with Crippen molar-refractivity contribution in [3.05, 3.63) is 35.9 Å². The van der Waals surface area contributed by atoms with Gasteiger partial charge in [0, 0.05) is 30.0 Å². The Bertz CT molecular complexity index is 605. The van der Waals surface area contributed by atoms with Crippen LogP contribution in [-0.4, -0.2) is 21.9 Å². The molecular weight excluding hydrogens is 238 g/mol. The first-order chi connectivity index (χ1) is 9.00. The Balaban J connectivity index is 2.59. The van der Waals surface area contributed by atoms with Gasteiger partial charge in [-0.15, -0.1) is 0 Å². The number of hydrogen-bond acceptors (Lipinski definition) is 3. The highest BCUT2D eigenvalue weighted by atomic mass is 16.1. The summed E-state index contributed by atoms with van der Waals surface area (Å²) in [5.41, 5.74) is 1.58. The Morgan fingerprint density at radius 1 is 1.16 bits per heavy atom. The van der Waals surface area contributed by atoms with Gasteiger partial charge in [0.25, 0.3) is 5.91 Å². The monoisotopic (exact) mass is 257 g/mol. The molecule has 0 aromatic carbocycles. The van der Waals surface area contributed by atoms with Crippen molar-refractivity contribution in [3.8, 4) is 0 Å². The Morgan fingerprint density at radius 3 is 2.53 bits per heavy atom. The maximum absolute atomic E-state index is 12.1. The van der Waals surface area contributed by atoms with Crippen LogP contribution >= 0.6 is 0 Å². The van der Waals surface area contributed by atoms with Crippen LogP contribution in [0.5, 0.6) is 0 Å². The molecule has 4 nitrogen and oxygen atoms in total. The molecule has 0 unspecified atom stereocenters. The largest absolute Gasteiger partial charge is 0.349 e. The van der Waals surface area contributed by atoms with E-state index < -0.39 is 0 Å². The molecule has 100 valence electrons. The van der Waals surface area contributed by atoms with Crippen LogP contribution < -0.4 is 5.32 Å². The van der Waals surface area contributed by atoms with E-state index in [1.54, 1.807) is 18.6 Å². The number of rotatable bonds is 3. The molecule has 19 heavy (non-hydrogen) atoms. The van der Waals surface area contributed by atoms with Crippen molar-refractivity contribution in [1.82, 2.24) is 15.3 Å². The molecule has 0 aliphatic rings. The van der Waals surface area contributed by atoms with Crippen LogP contribution in [0, 0.1) is 0 Å². The maximum Gasteiger partial charge on any atom is 0.270 e. The zero-order chi connectivity index (χ0) is 14.0. The van der Waals surface area contributed by atoms with Crippen molar-refractivity contribution in [2.45, 2.75) is 39.7 Å². The van der Waals surface area contributed by atoms with Crippen LogP contribution in [0.15, 0.2) is 24.7 Å². The van der Waals surface area contributed by atoms with Crippen molar-refractivity contribution in [2.24, 2.45) is 0 Å². The summed E-state index contributed by atoms with van der Waals surface area (Å²) in [5.74, 6) is 0.211. The molecule has 2 aromatic heterocycles. The highest BCUT2D eigenvalue weighted by molar-refractivity contribution is 6.05. The van der Waals surface area contributed by atoms with E-state index in [2.05, 4.69) is 29.1 Å². The minimum atomic E-state index is -0.150. The number of carbonyl (C=O) groups excluding carboxylic acids is 1. The van der Waals surface area contributed by atoms with E-state index in [1.165, 1.54) is 0 Å². The fraction of sp³-hybridized carbons (Fsp3) is 0.400.